The maximum Gasteiger partial charge on any atom is 0.0728 e. The van der Waals surface area contributed by atoms with Gasteiger partial charge in [-0.15, -0.1) is 0 Å². The summed E-state index contributed by atoms with van der Waals surface area (Å²) in [6.45, 7) is 9.65. The molecule has 0 spiro atoms. The van der Waals surface area contributed by atoms with E-state index in [9.17, 15) is 0 Å². The van der Waals surface area contributed by atoms with Gasteiger partial charge in [0.15, 0.2) is 0 Å². The largest absolute Gasteiger partial charge is 0.323 e. The lowest BCUT2D eigenvalue weighted by Crippen LogP contribution is -1.89. The fourth-order valence-electron chi connectivity index (χ4n) is 0.962. The summed E-state index contributed by atoms with van der Waals surface area (Å²) in [7, 11) is 3.30. The molecule has 1 aliphatic heterocycles. The summed E-state index contributed by atoms with van der Waals surface area (Å²) >= 11 is 0. The molecule has 1 heterocycles. The van der Waals surface area contributed by atoms with Crippen LogP contribution in [0.4, 0.5) is 0 Å². The highest BCUT2D eigenvalue weighted by Gasteiger charge is 2.17. The summed E-state index contributed by atoms with van der Waals surface area (Å²) in [4.78, 5) is 0. The summed E-state index contributed by atoms with van der Waals surface area (Å²) < 4.78 is 4.36. The zero-order valence-electron chi connectivity index (χ0n) is 9.25. The van der Waals surface area contributed by atoms with Crippen LogP contribution in [0.15, 0.2) is 40.7 Å². The average Bonchev–Trinajstić information content (AvgIpc) is 2.65. The Hall–Kier alpha value is -0.720. The Morgan fingerprint density at radius 3 is 2.64 bits per heavy atom. The van der Waals surface area contributed by atoms with Crippen molar-refractivity contribution in [3.05, 3.63) is 35.9 Å². The van der Waals surface area contributed by atoms with Gasteiger partial charge in [0.05, 0.1) is 8.07 Å². The predicted octanol–water partition coefficient (Wildman–Crippen LogP) is 3.30. The summed E-state index contributed by atoms with van der Waals surface area (Å²) in [5.74, 6) is 0. The van der Waals surface area contributed by atoms with Crippen LogP contribution >= 0.6 is 8.07 Å². The van der Waals surface area contributed by atoms with E-state index >= 15 is 0 Å². The fraction of sp³-hybridized carbons (Fsp3) is 0.364. The van der Waals surface area contributed by atoms with E-state index in [4.69, 9.17) is 0 Å². The maximum absolute atomic E-state index is 4.36. The molecule has 0 aromatic rings. The number of nitrogens with one attached hydrogen (secondary N) is 1. The molecule has 1 rings (SSSR count). The van der Waals surface area contributed by atoms with Gasteiger partial charge >= 0.3 is 0 Å². The number of hydrogen-bond acceptors (Lipinski definition) is 2. The first-order valence-corrected chi connectivity index (χ1v) is 5.88. The van der Waals surface area contributed by atoms with Crippen molar-refractivity contribution in [1.82, 2.24) is 5.32 Å². The lowest BCUT2D eigenvalue weighted by atomic mass is 10.4. The van der Waals surface area contributed by atoms with Crippen LogP contribution in [-0.4, -0.2) is 20.3 Å². The molecule has 0 radical (unpaired) electrons. The third-order valence-corrected chi connectivity index (χ3v) is 3.72. The number of allylic oxidation sites excluding steroid dienone is 4. The van der Waals surface area contributed by atoms with Crippen molar-refractivity contribution in [3.8, 4) is 0 Å². The van der Waals surface area contributed by atoms with Gasteiger partial charge in [-0.2, -0.15) is 0 Å². The second-order valence-electron chi connectivity index (χ2n) is 2.79. The lowest BCUT2D eigenvalue weighted by molar-refractivity contribution is 1.02. The second kappa shape index (κ2) is 7.66. The fourth-order valence-corrected chi connectivity index (χ4v) is 2.54. The molecular formula is C11H19N2P. The van der Waals surface area contributed by atoms with Gasteiger partial charge in [0, 0.05) is 12.6 Å². The Balaban J connectivity index is 0.000000500. The van der Waals surface area contributed by atoms with Crippen LogP contribution in [0.5, 0.6) is 0 Å². The Morgan fingerprint density at radius 1 is 1.64 bits per heavy atom. The second-order valence-corrected chi connectivity index (χ2v) is 4.79. The van der Waals surface area contributed by atoms with Gasteiger partial charge in [-0.1, -0.05) is 25.3 Å². The quantitative estimate of drug-likeness (QED) is 0.549. The standard InChI is InChI=1S/C9H12NP.C2H7N/c1-4-8(3)11-9(5-2)6-7-10-11;1-3-2/h4-5,7H,1,3,6H2,2H3;3H,1-2H3/b9-5+;. The van der Waals surface area contributed by atoms with Crippen molar-refractivity contribution in [3.63, 3.8) is 0 Å². The molecule has 78 valence electrons. The Kier molecular flexibility index (Phi) is 7.27. The summed E-state index contributed by atoms with van der Waals surface area (Å²) in [5, 5.41) is 5.20. The molecule has 1 unspecified atom stereocenters. The van der Waals surface area contributed by atoms with Gasteiger partial charge in [0.1, 0.15) is 0 Å². The third-order valence-electron chi connectivity index (χ3n) is 1.61. The van der Waals surface area contributed by atoms with E-state index in [1.54, 1.807) is 6.08 Å². The smallest absolute Gasteiger partial charge is 0.0728 e. The van der Waals surface area contributed by atoms with E-state index in [-0.39, 0.29) is 0 Å². The molecule has 1 N–H and O–H groups in total. The van der Waals surface area contributed by atoms with Crippen LogP contribution in [0.2, 0.25) is 0 Å². The Morgan fingerprint density at radius 2 is 2.21 bits per heavy atom. The highest BCUT2D eigenvalue weighted by molar-refractivity contribution is 7.65. The van der Waals surface area contributed by atoms with E-state index in [0.717, 1.165) is 11.7 Å². The summed E-state index contributed by atoms with van der Waals surface area (Å²) in [5.41, 5.74) is 0. The summed E-state index contributed by atoms with van der Waals surface area (Å²) in [6, 6.07) is 0. The monoisotopic (exact) mass is 210 g/mol. The molecule has 1 atom stereocenters. The molecule has 3 heteroatoms. The van der Waals surface area contributed by atoms with Crippen molar-refractivity contribution in [2.45, 2.75) is 13.3 Å². The molecule has 2 nitrogen and oxygen atoms in total. The highest BCUT2D eigenvalue weighted by atomic mass is 31.1. The third kappa shape index (κ3) is 3.99. The SMILES string of the molecule is C=CC(=C)P1N=CC/C1=C\C.CNC. The first-order chi connectivity index (χ1) is 6.71. The molecule has 0 bridgehead atoms. The Labute approximate surface area is 88.3 Å². The zero-order valence-corrected chi connectivity index (χ0v) is 10.1. The van der Waals surface area contributed by atoms with Gasteiger partial charge in [0.2, 0.25) is 0 Å². The van der Waals surface area contributed by atoms with Crippen LogP contribution in [-0.2, 0) is 0 Å². The first kappa shape index (κ1) is 13.3. The molecule has 0 saturated heterocycles. The van der Waals surface area contributed by atoms with Gasteiger partial charge in [-0.25, -0.2) is 0 Å². The van der Waals surface area contributed by atoms with E-state index in [1.165, 1.54) is 5.31 Å². The van der Waals surface area contributed by atoms with Crippen LogP contribution in [0.1, 0.15) is 13.3 Å². The molecule has 0 aromatic carbocycles. The van der Waals surface area contributed by atoms with E-state index < -0.39 is 8.07 Å². The maximum atomic E-state index is 4.36. The van der Waals surface area contributed by atoms with Crippen molar-refractivity contribution >= 4 is 14.3 Å². The van der Waals surface area contributed by atoms with Crippen molar-refractivity contribution in [2.24, 2.45) is 4.76 Å². The molecule has 0 saturated carbocycles. The van der Waals surface area contributed by atoms with E-state index in [0.29, 0.717) is 0 Å². The van der Waals surface area contributed by atoms with Gasteiger partial charge in [-0.05, 0) is 31.6 Å². The zero-order chi connectivity index (χ0) is 11.0. The van der Waals surface area contributed by atoms with Gasteiger partial charge in [-0.3, -0.25) is 4.76 Å². The minimum absolute atomic E-state index is 0.452. The lowest BCUT2D eigenvalue weighted by Gasteiger charge is -2.08. The molecule has 0 fully saturated rings. The van der Waals surface area contributed by atoms with E-state index in [2.05, 4.69) is 36.2 Å². The van der Waals surface area contributed by atoms with Crippen molar-refractivity contribution in [1.29, 1.82) is 0 Å². The van der Waals surface area contributed by atoms with Crippen LogP contribution in [0.25, 0.3) is 0 Å². The van der Waals surface area contributed by atoms with Crippen molar-refractivity contribution in [2.75, 3.05) is 14.1 Å². The van der Waals surface area contributed by atoms with E-state index in [1.807, 2.05) is 20.3 Å². The minimum Gasteiger partial charge on any atom is -0.323 e. The highest BCUT2D eigenvalue weighted by Crippen LogP contribution is 2.57. The van der Waals surface area contributed by atoms with Crippen molar-refractivity contribution < 1.29 is 0 Å². The molecule has 1 aliphatic rings. The molecule has 0 amide bonds. The Bertz CT molecular complexity index is 254. The topological polar surface area (TPSA) is 24.4 Å². The normalized spacial score (nSPS) is 21.6. The van der Waals surface area contributed by atoms with Crippen LogP contribution in [0.3, 0.4) is 0 Å². The minimum atomic E-state index is -0.452. The first-order valence-electron chi connectivity index (χ1n) is 4.58. The van der Waals surface area contributed by atoms with Gasteiger partial charge < -0.3 is 5.32 Å². The van der Waals surface area contributed by atoms with Crippen LogP contribution in [0, 0.1) is 0 Å². The molecule has 0 aromatic heterocycles. The number of rotatable bonds is 2. The number of nitrogens with zero attached hydrogens (tertiary/aromatic N) is 1. The predicted molar refractivity (Wildman–Crippen MR) is 68.1 cm³/mol. The molecule has 14 heavy (non-hydrogen) atoms. The van der Waals surface area contributed by atoms with Gasteiger partial charge in [0.25, 0.3) is 0 Å². The summed E-state index contributed by atoms with van der Waals surface area (Å²) in [6.07, 6.45) is 6.90. The molecule has 0 aliphatic carbocycles. The number of hydrogen-bond donors (Lipinski definition) is 1. The average molecular weight is 210 g/mol. The molecular weight excluding hydrogens is 191 g/mol. The van der Waals surface area contributed by atoms with Crippen LogP contribution < -0.4 is 5.32 Å².